The van der Waals surface area contributed by atoms with Crippen LogP contribution in [0.3, 0.4) is 0 Å². The molecule has 1 aliphatic rings. The van der Waals surface area contributed by atoms with E-state index in [-0.39, 0.29) is 0 Å². The Morgan fingerprint density at radius 1 is 0.935 bits per heavy atom. The first-order chi connectivity index (χ1) is 15.0. The fourth-order valence-corrected chi connectivity index (χ4v) is 5.09. The number of aromatic nitrogens is 1. The molecule has 0 N–H and O–H groups in total. The van der Waals surface area contributed by atoms with Gasteiger partial charge in [0.2, 0.25) is 0 Å². The predicted molar refractivity (Wildman–Crippen MR) is 135 cm³/mol. The predicted octanol–water partition coefficient (Wildman–Crippen LogP) is 7.35. The molecule has 0 bridgehead atoms. The van der Waals surface area contributed by atoms with E-state index >= 15 is 0 Å². The zero-order chi connectivity index (χ0) is 22.2. The molecule has 2 nitrogen and oxygen atoms in total. The van der Waals surface area contributed by atoms with E-state index in [4.69, 9.17) is 0 Å². The highest BCUT2D eigenvalue weighted by Gasteiger charge is 2.20. The van der Waals surface area contributed by atoms with Crippen molar-refractivity contribution in [3.8, 4) is 0 Å². The maximum absolute atomic E-state index is 2.68. The van der Waals surface area contributed by atoms with Crippen molar-refractivity contribution in [1.29, 1.82) is 0 Å². The van der Waals surface area contributed by atoms with Crippen LogP contribution < -0.4 is 9.47 Å². The van der Waals surface area contributed by atoms with Crippen molar-refractivity contribution in [2.75, 3.05) is 4.90 Å². The van der Waals surface area contributed by atoms with E-state index in [0.29, 0.717) is 12.1 Å². The summed E-state index contributed by atoms with van der Waals surface area (Å²) in [5.41, 5.74) is 7.11. The number of pyridine rings is 1. The van der Waals surface area contributed by atoms with E-state index in [0.717, 1.165) is 0 Å². The third kappa shape index (κ3) is 6.21. The van der Waals surface area contributed by atoms with Crippen LogP contribution in [-0.4, -0.2) is 12.1 Å². The summed E-state index contributed by atoms with van der Waals surface area (Å²) in [5, 5.41) is 0. The van der Waals surface area contributed by atoms with Crippen LogP contribution in [0, 0.1) is 0 Å². The average molecular weight is 420 g/mol. The van der Waals surface area contributed by atoms with Crippen LogP contribution in [0.4, 0.5) is 5.69 Å². The highest BCUT2D eigenvalue weighted by molar-refractivity contribution is 5.83. The van der Waals surface area contributed by atoms with E-state index in [9.17, 15) is 0 Å². The molecule has 1 heterocycles. The van der Waals surface area contributed by atoms with Gasteiger partial charge in [0.05, 0.1) is 0 Å². The largest absolute Gasteiger partial charge is 0.366 e. The van der Waals surface area contributed by atoms with Gasteiger partial charge in [-0.1, -0.05) is 57.7 Å². The number of hydrogen-bond acceptors (Lipinski definition) is 1. The lowest BCUT2D eigenvalue weighted by atomic mass is 9.87. The lowest BCUT2D eigenvalue weighted by Crippen LogP contribution is -2.40. The summed E-state index contributed by atoms with van der Waals surface area (Å²) in [6.45, 7) is 9.41. The molecule has 1 aromatic heterocycles. The number of fused-ring (bicyclic) bond motifs is 1. The molecule has 1 aromatic carbocycles. The van der Waals surface area contributed by atoms with Crippen LogP contribution >= 0.6 is 0 Å². The number of unbranched alkanes of at least 4 members (excludes halogenated alkanes) is 2. The Morgan fingerprint density at radius 3 is 2.19 bits per heavy atom. The lowest BCUT2D eigenvalue weighted by molar-refractivity contribution is -0.672. The summed E-state index contributed by atoms with van der Waals surface area (Å²) in [5.74, 6) is 0. The average Bonchev–Trinajstić information content (AvgIpc) is 2.77. The summed E-state index contributed by atoms with van der Waals surface area (Å²) < 4.78 is 2.17. The van der Waals surface area contributed by atoms with E-state index in [2.05, 4.69) is 93.0 Å². The van der Waals surface area contributed by atoms with E-state index in [1.165, 1.54) is 85.7 Å². The van der Waals surface area contributed by atoms with E-state index in [1.54, 1.807) is 0 Å². The molecule has 2 atom stereocenters. The molecule has 31 heavy (non-hydrogen) atoms. The van der Waals surface area contributed by atoms with Gasteiger partial charge in [-0.15, -0.1) is 0 Å². The SMILES string of the molecule is CCCCC(C)N(c1ccc(/C=C2\CCCc3c[n+](C)ccc32)cc1)C(C)CCCC. The van der Waals surface area contributed by atoms with E-state index in [1.807, 2.05) is 0 Å². The van der Waals surface area contributed by atoms with Crippen molar-refractivity contribution < 1.29 is 4.57 Å². The first-order valence-corrected chi connectivity index (χ1v) is 12.6. The van der Waals surface area contributed by atoms with Crippen LogP contribution in [-0.2, 0) is 13.5 Å². The van der Waals surface area contributed by atoms with Crippen LogP contribution in [0.2, 0.25) is 0 Å². The number of nitrogens with zero attached hydrogens (tertiary/aromatic N) is 2. The highest BCUT2D eigenvalue weighted by Crippen LogP contribution is 2.32. The third-order valence-corrected chi connectivity index (χ3v) is 6.85. The molecule has 1 aliphatic carbocycles. The smallest absolute Gasteiger partial charge is 0.172 e. The Morgan fingerprint density at radius 2 is 1.58 bits per heavy atom. The Labute approximate surface area is 191 Å². The van der Waals surface area contributed by atoms with Gasteiger partial charge in [-0.25, -0.2) is 4.57 Å². The lowest BCUT2D eigenvalue weighted by Gasteiger charge is -2.37. The minimum atomic E-state index is 0.585. The van der Waals surface area contributed by atoms with Crippen molar-refractivity contribution in [2.24, 2.45) is 7.05 Å². The molecule has 168 valence electrons. The van der Waals surface area contributed by atoms with Crippen LogP contribution in [0.1, 0.15) is 95.8 Å². The second-order valence-electron chi connectivity index (χ2n) is 9.55. The molecule has 0 saturated carbocycles. The molecule has 3 rings (SSSR count). The standard InChI is InChI=1S/C29H43N2/c1-6-8-11-23(3)31(24(4)12-9-7-2)28-17-15-25(16-18-28)21-26-13-10-14-27-22-30(5)20-19-29(26)27/h15-24H,6-14H2,1-5H3/q+1. The van der Waals surface area contributed by atoms with Gasteiger partial charge >= 0.3 is 0 Å². The highest BCUT2D eigenvalue weighted by atomic mass is 15.2. The number of hydrogen-bond donors (Lipinski definition) is 0. The van der Waals surface area contributed by atoms with E-state index < -0.39 is 0 Å². The second-order valence-corrected chi connectivity index (χ2v) is 9.55. The molecular formula is C29H43N2+. The Balaban J connectivity index is 1.82. The van der Waals surface area contributed by atoms with Gasteiger partial charge < -0.3 is 4.90 Å². The first-order valence-electron chi connectivity index (χ1n) is 12.6. The summed E-state index contributed by atoms with van der Waals surface area (Å²) in [6.07, 6.45) is 18.2. The maximum atomic E-state index is 2.68. The molecule has 0 radical (unpaired) electrons. The Bertz CT molecular complexity index is 836. The Hall–Kier alpha value is -2.09. The van der Waals surface area contributed by atoms with Gasteiger partial charge in [-0.05, 0) is 74.8 Å². The van der Waals surface area contributed by atoms with Crippen molar-refractivity contribution in [2.45, 2.75) is 97.6 Å². The van der Waals surface area contributed by atoms with Crippen molar-refractivity contribution in [3.63, 3.8) is 0 Å². The van der Waals surface area contributed by atoms with Gasteiger partial charge in [-0.3, -0.25) is 0 Å². The molecule has 0 fully saturated rings. The number of rotatable bonds is 10. The van der Waals surface area contributed by atoms with Gasteiger partial charge in [0.1, 0.15) is 7.05 Å². The van der Waals surface area contributed by atoms with Crippen LogP contribution in [0.5, 0.6) is 0 Å². The molecule has 2 heteroatoms. The number of allylic oxidation sites excluding steroid dienone is 1. The second kappa shape index (κ2) is 11.5. The van der Waals surface area contributed by atoms with Crippen LogP contribution in [0.15, 0.2) is 42.7 Å². The molecular weight excluding hydrogens is 376 g/mol. The van der Waals surface area contributed by atoms with Gasteiger partial charge in [-0.2, -0.15) is 0 Å². The summed E-state index contributed by atoms with van der Waals surface area (Å²) in [4.78, 5) is 2.68. The number of aryl methyl sites for hydroxylation is 2. The molecule has 0 aliphatic heterocycles. The molecule has 0 spiro atoms. The van der Waals surface area contributed by atoms with Crippen LogP contribution in [0.25, 0.3) is 11.6 Å². The molecule has 2 unspecified atom stereocenters. The van der Waals surface area contributed by atoms with Crippen molar-refractivity contribution in [3.05, 3.63) is 59.4 Å². The van der Waals surface area contributed by atoms with Crippen molar-refractivity contribution >= 4 is 17.3 Å². The maximum Gasteiger partial charge on any atom is 0.172 e. The number of anilines is 1. The minimum absolute atomic E-state index is 0.585. The first kappa shape index (κ1) is 23.6. The zero-order valence-electron chi connectivity index (χ0n) is 20.5. The number of benzene rings is 1. The molecule has 0 amide bonds. The van der Waals surface area contributed by atoms with Gasteiger partial charge in [0.15, 0.2) is 12.4 Å². The fourth-order valence-electron chi connectivity index (χ4n) is 5.09. The Kier molecular flexibility index (Phi) is 8.75. The summed E-state index contributed by atoms with van der Waals surface area (Å²) in [7, 11) is 2.12. The third-order valence-electron chi connectivity index (χ3n) is 6.85. The monoisotopic (exact) mass is 419 g/mol. The normalized spacial score (nSPS) is 16.7. The van der Waals surface area contributed by atoms with Gasteiger partial charge in [0.25, 0.3) is 0 Å². The topological polar surface area (TPSA) is 7.12 Å². The quantitative estimate of drug-likeness (QED) is 0.365. The minimum Gasteiger partial charge on any atom is -0.366 e. The molecule has 2 aromatic rings. The zero-order valence-corrected chi connectivity index (χ0v) is 20.5. The summed E-state index contributed by atoms with van der Waals surface area (Å²) in [6, 6.07) is 12.8. The summed E-state index contributed by atoms with van der Waals surface area (Å²) >= 11 is 0. The van der Waals surface area contributed by atoms with Crippen molar-refractivity contribution in [1.82, 2.24) is 0 Å². The molecule has 0 saturated heterocycles. The fraction of sp³-hybridized carbons (Fsp3) is 0.552. The van der Waals surface area contributed by atoms with Gasteiger partial charge in [0, 0.05) is 29.4 Å².